The van der Waals surface area contributed by atoms with Crippen LogP contribution in [0.4, 0.5) is 4.39 Å². The van der Waals surface area contributed by atoms with E-state index in [0.29, 0.717) is 31.2 Å². The summed E-state index contributed by atoms with van der Waals surface area (Å²) in [5.41, 5.74) is 0.803. The molecule has 2 aromatic heterocycles. The first kappa shape index (κ1) is 18.2. The Labute approximate surface area is 161 Å². The van der Waals surface area contributed by atoms with Gasteiger partial charge in [0, 0.05) is 25.6 Å². The number of pyridine rings is 1. The van der Waals surface area contributed by atoms with Crippen LogP contribution in [0.1, 0.15) is 46.5 Å². The minimum atomic E-state index is -0.297. The van der Waals surface area contributed by atoms with E-state index in [1.54, 1.807) is 29.3 Å². The van der Waals surface area contributed by atoms with Gasteiger partial charge in [-0.3, -0.25) is 9.59 Å². The Morgan fingerprint density at radius 2 is 2.14 bits per heavy atom. The largest absolute Gasteiger partial charge is 0.445 e. The van der Waals surface area contributed by atoms with Gasteiger partial charge in [0.15, 0.2) is 5.89 Å². The number of benzene rings is 1. The van der Waals surface area contributed by atoms with E-state index in [9.17, 15) is 14.0 Å². The maximum absolute atomic E-state index is 13.3. The van der Waals surface area contributed by atoms with Crippen LogP contribution < -0.4 is 5.56 Å². The highest BCUT2D eigenvalue weighted by molar-refractivity contribution is 5.92. The number of aromatic nitrogens is 2. The van der Waals surface area contributed by atoms with Gasteiger partial charge >= 0.3 is 0 Å². The molecule has 3 heterocycles. The number of hydrogen-bond acceptors (Lipinski definition) is 4. The molecular weight excluding hydrogens is 361 g/mol. The fourth-order valence-corrected chi connectivity index (χ4v) is 3.55. The van der Waals surface area contributed by atoms with E-state index in [1.165, 1.54) is 18.2 Å². The Balaban J connectivity index is 1.45. The van der Waals surface area contributed by atoms with Crippen molar-refractivity contribution in [2.24, 2.45) is 0 Å². The second kappa shape index (κ2) is 7.80. The molecule has 1 saturated heterocycles. The third kappa shape index (κ3) is 4.03. The first-order valence-corrected chi connectivity index (χ1v) is 9.26. The van der Waals surface area contributed by atoms with Crippen molar-refractivity contribution in [3.8, 4) is 0 Å². The molecule has 1 amide bonds. The van der Waals surface area contributed by atoms with E-state index in [-0.39, 0.29) is 28.9 Å². The number of carbonyl (C=O) groups is 1. The van der Waals surface area contributed by atoms with Gasteiger partial charge in [-0.15, -0.1) is 0 Å². The smallest absolute Gasteiger partial charge is 0.270 e. The number of H-pyrrole nitrogens is 1. The molecule has 0 aliphatic carbocycles. The van der Waals surface area contributed by atoms with Crippen molar-refractivity contribution >= 4 is 5.91 Å². The Bertz CT molecular complexity index is 1040. The molecule has 0 spiro atoms. The highest BCUT2D eigenvalue weighted by Crippen LogP contribution is 2.28. The number of amides is 1. The van der Waals surface area contributed by atoms with E-state index >= 15 is 0 Å². The second-order valence-electron chi connectivity index (χ2n) is 6.99. The molecule has 4 rings (SSSR count). The summed E-state index contributed by atoms with van der Waals surface area (Å²) in [6.45, 7) is 1.11. The van der Waals surface area contributed by atoms with Crippen molar-refractivity contribution in [2.75, 3.05) is 13.1 Å². The monoisotopic (exact) mass is 381 g/mol. The van der Waals surface area contributed by atoms with Crippen molar-refractivity contribution < 1.29 is 13.6 Å². The van der Waals surface area contributed by atoms with Crippen LogP contribution in [0.5, 0.6) is 0 Å². The van der Waals surface area contributed by atoms with Gasteiger partial charge in [-0.2, -0.15) is 0 Å². The zero-order chi connectivity index (χ0) is 19.5. The van der Waals surface area contributed by atoms with Crippen molar-refractivity contribution in [3.05, 3.63) is 87.7 Å². The third-order valence-corrected chi connectivity index (χ3v) is 4.90. The SMILES string of the molecule is O=C(c1cccc(=O)[nH]1)N1CCC[C@H](c2ncc(Cc3cccc(F)c3)o2)C1. The lowest BCUT2D eigenvalue weighted by atomic mass is 9.97. The molecule has 0 bridgehead atoms. The van der Waals surface area contributed by atoms with Crippen molar-refractivity contribution in [3.63, 3.8) is 0 Å². The number of halogens is 1. The molecule has 3 aromatic rings. The lowest BCUT2D eigenvalue weighted by Crippen LogP contribution is -2.40. The average molecular weight is 381 g/mol. The number of oxazole rings is 1. The summed E-state index contributed by atoms with van der Waals surface area (Å²) in [5, 5.41) is 0. The van der Waals surface area contributed by atoms with Gasteiger partial charge < -0.3 is 14.3 Å². The van der Waals surface area contributed by atoms with E-state index in [0.717, 1.165) is 18.4 Å². The molecule has 1 aromatic carbocycles. The lowest BCUT2D eigenvalue weighted by Gasteiger charge is -2.31. The van der Waals surface area contributed by atoms with Crippen molar-refractivity contribution in [1.82, 2.24) is 14.9 Å². The predicted octanol–water partition coefficient (Wildman–Crippen LogP) is 3.11. The number of nitrogens with zero attached hydrogens (tertiary/aromatic N) is 2. The Morgan fingerprint density at radius 3 is 2.96 bits per heavy atom. The highest BCUT2D eigenvalue weighted by atomic mass is 19.1. The summed E-state index contributed by atoms with van der Waals surface area (Å²) in [5.74, 6) is 0.767. The summed E-state index contributed by atoms with van der Waals surface area (Å²) in [4.78, 5) is 32.8. The van der Waals surface area contributed by atoms with Crippen LogP contribution in [-0.4, -0.2) is 33.9 Å². The number of hydrogen-bond donors (Lipinski definition) is 1. The fourth-order valence-electron chi connectivity index (χ4n) is 3.55. The molecule has 1 N–H and O–H groups in total. The molecule has 1 aliphatic heterocycles. The summed E-state index contributed by atoms with van der Waals surface area (Å²) in [6, 6.07) is 10.9. The van der Waals surface area contributed by atoms with Crippen LogP contribution in [0, 0.1) is 5.82 Å². The maximum atomic E-state index is 13.3. The normalized spacial score (nSPS) is 16.9. The topological polar surface area (TPSA) is 79.2 Å². The molecule has 0 saturated carbocycles. The number of likely N-dealkylation sites (tertiary alicyclic amines) is 1. The predicted molar refractivity (Wildman–Crippen MR) is 101 cm³/mol. The number of nitrogens with one attached hydrogen (secondary N) is 1. The minimum Gasteiger partial charge on any atom is -0.445 e. The number of rotatable bonds is 4. The van der Waals surface area contributed by atoms with Gasteiger partial charge in [-0.25, -0.2) is 9.37 Å². The zero-order valence-corrected chi connectivity index (χ0v) is 15.2. The fraction of sp³-hybridized carbons (Fsp3) is 0.286. The summed E-state index contributed by atoms with van der Waals surface area (Å²) in [6.07, 6.45) is 3.82. The Kier molecular flexibility index (Phi) is 5.06. The van der Waals surface area contributed by atoms with Crippen molar-refractivity contribution in [1.29, 1.82) is 0 Å². The first-order valence-electron chi connectivity index (χ1n) is 9.26. The van der Waals surface area contributed by atoms with E-state index in [1.807, 2.05) is 6.07 Å². The van der Waals surface area contributed by atoms with Gasteiger partial charge in [0.1, 0.15) is 17.3 Å². The van der Waals surface area contributed by atoms with Crippen molar-refractivity contribution in [2.45, 2.75) is 25.2 Å². The Morgan fingerprint density at radius 1 is 1.29 bits per heavy atom. The highest BCUT2D eigenvalue weighted by Gasteiger charge is 2.28. The molecule has 1 aliphatic rings. The summed E-state index contributed by atoms with van der Waals surface area (Å²) >= 11 is 0. The van der Waals surface area contributed by atoms with Gasteiger partial charge in [0.25, 0.3) is 5.91 Å². The zero-order valence-electron chi connectivity index (χ0n) is 15.2. The van der Waals surface area contributed by atoms with Crippen LogP contribution >= 0.6 is 0 Å². The molecule has 1 atom stereocenters. The van der Waals surface area contributed by atoms with E-state index in [4.69, 9.17) is 4.42 Å². The standard InChI is InChI=1S/C21H20FN3O3/c22-16-6-1-4-14(10-16)11-17-12-23-20(28-17)15-5-3-9-25(13-15)21(27)18-7-2-8-19(26)24-18/h1-2,4,6-8,10,12,15H,3,5,9,11,13H2,(H,24,26)/t15-/m0/s1. The molecule has 6 nitrogen and oxygen atoms in total. The van der Waals surface area contributed by atoms with Crippen LogP contribution in [0.15, 0.2) is 57.9 Å². The average Bonchev–Trinajstić information content (AvgIpc) is 3.16. The van der Waals surface area contributed by atoms with Gasteiger partial charge in [0.2, 0.25) is 5.56 Å². The van der Waals surface area contributed by atoms with Crippen LogP contribution in [-0.2, 0) is 6.42 Å². The third-order valence-electron chi connectivity index (χ3n) is 4.90. The number of aromatic amines is 1. The number of carbonyl (C=O) groups excluding carboxylic acids is 1. The van der Waals surface area contributed by atoms with Crippen LogP contribution in [0.25, 0.3) is 0 Å². The molecular formula is C21H20FN3O3. The molecule has 28 heavy (non-hydrogen) atoms. The van der Waals surface area contributed by atoms with Gasteiger partial charge in [-0.1, -0.05) is 18.2 Å². The van der Waals surface area contributed by atoms with Gasteiger partial charge in [0.05, 0.1) is 12.1 Å². The molecule has 1 fully saturated rings. The molecule has 7 heteroatoms. The Hall–Kier alpha value is -3.22. The molecule has 0 radical (unpaired) electrons. The van der Waals surface area contributed by atoms with E-state index in [2.05, 4.69) is 9.97 Å². The van der Waals surface area contributed by atoms with Crippen LogP contribution in [0.2, 0.25) is 0 Å². The summed E-state index contributed by atoms with van der Waals surface area (Å²) < 4.78 is 19.2. The summed E-state index contributed by atoms with van der Waals surface area (Å²) in [7, 11) is 0. The first-order chi connectivity index (χ1) is 13.6. The minimum absolute atomic E-state index is 0.00519. The van der Waals surface area contributed by atoms with E-state index < -0.39 is 0 Å². The molecule has 0 unspecified atom stereocenters. The second-order valence-corrected chi connectivity index (χ2v) is 6.99. The van der Waals surface area contributed by atoms with Gasteiger partial charge in [-0.05, 0) is 36.6 Å². The lowest BCUT2D eigenvalue weighted by molar-refractivity contribution is 0.0691. The quantitative estimate of drug-likeness (QED) is 0.753. The number of piperidine rings is 1. The molecule has 144 valence electrons. The maximum Gasteiger partial charge on any atom is 0.270 e. The van der Waals surface area contributed by atoms with Crippen LogP contribution in [0.3, 0.4) is 0 Å².